The first-order valence-electron chi connectivity index (χ1n) is 11.8. The molecule has 0 unspecified atom stereocenters. The summed E-state index contributed by atoms with van der Waals surface area (Å²) in [5.74, 6) is -0.291. The van der Waals surface area contributed by atoms with Gasteiger partial charge in [-0.15, -0.1) is 0 Å². The van der Waals surface area contributed by atoms with Crippen LogP contribution in [0.1, 0.15) is 19.3 Å². The van der Waals surface area contributed by atoms with E-state index in [0.29, 0.717) is 24.5 Å². The molecule has 3 aromatic rings. The minimum absolute atomic E-state index is 0.0658. The molecule has 0 spiro atoms. The average molecular weight is 529 g/mol. The zero-order chi connectivity index (χ0) is 26.2. The quantitative estimate of drug-likeness (QED) is 0.446. The van der Waals surface area contributed by atoms with Crippen LogP contribution in [0.5, 0.6) is 11.5 Å². The highest BCUT2D eigenvalue weighted by Crippen LogP contribution is 2.42. The lowest BCUT2D eigenvalue weighted by atomic mass is 10.2. The van der Waals surface area contributed by atoms with Crippen molar-refractivity contribution in [1.82, 2.24) is 24.6 Å². The fourth-order valence-corrected chi connectivity index (χ4v) is 4.41. The molecule has 1 aliphatic heterocycles. The van der Waals surface area contributed by atoms with Gasteiger partial charge in [0.15, 0.2) is 5.82 Å². The summed E-state index contributed by atoms with van der Waals surface area (Å²) in [7, 11) is 3.47. The van der Waals surface area contributed by atoms with Crippen molar-refractivity contribution >= 4 is 29.4 Å². The van der Waals surface area contributed by atoms with E-state index in [1.54, 1.807) is 48.3 Å². The highest BCUT2D eigenvalue weighted by atomic mass is 35.5. The molecular weight excluding hydrogens is 503 g/mol. The van der Waals surface area contributed by atoms with Gasteiger partial charge in [0.2, 0.25) is 0 Å². The first-order chi connectivity index (χ1) is 17.8. The zero-order valence-electron chi connectivity index (χ0n) is 20.4. The van der Waals surface area contributed by atoms with Gasteiger partial charge in [-0.25, -0.2) is 18.9 Å². The van der Waals surface area contributed by atoms with Crippen LogP contribution in [0.15, 0.2) is 42.9 Å². The minimum Gasteiger partial charge on any atom is -0.456 e. The zero-order valence-corrected chi connectivity index (χ0v) is 21.2. The third-order valence-electron chi connectivity index (χ3n) is 6.64. The highest BCUT2D eigenvalue weighted by molar-refractivity contribution is 6.32. The van der Waals surface area contributed by atoms with Gasteiger partial charge in [-0.05, 0) is 31.4 Å². The normalized spacial score (nSPS) is 16.3. The number of methoxy groups -OCH3 is 1. The van der Waals surface area contributed by atoms with E-state index < -0.39 is 17.9 Å². The van der Waals surface area contributed by atoms with E-state index in [1.807, 2.05) is 6.20 Å². The smallest absolute Gasteiger partial charge is 0.330 e. The number of benzene rings is 1. The van der Waals surface area contributed by atoms with Crippen LogP contribution in [0.25, 0.3) is 11.3 Å². The van der Waals surface area contributed by atoms with Gasteiger partial charge in [-0.2, -0.15) is 5.10 Å². The maximum absolute atomic E-state index is 14.9. The second-order valence-corrected chi connectivity index (χ2v) is 9.54. The van der Waals surface area contributed by atoms with E-state index in [9.17, 15) is 14.0 Å². The Morgan fingerprint density at radius 2 is 2.08 bits per heavy atom. The Bertz CT molecular complexity index is 1340. The molecule has 1 N–H and O–H groups in total. The topological polar surface area (TPSA) is 102 Å². The third-order valence-corrected chi connectivity index (χ3v) is 6.94. The van der Waals surface area contributed by atoms with Crippen LogP contribution in [0, 0.1) is 5.82 Å². The molecule has 0 bridgehead atoms. The van der Waals surface area contributed by atoms with Gasteiger partial charge >= 0.3 is 12.1 Å². The van der Waals surface area contributed by atoms with Gasteiger partial charge in [0.25, 0.3) is 0 Å². The van der Waals surface area contributed by atoms with Crippen molar-refractivity contribution in [2.45, 2.75) is 24.9 Å². The van der Waals surface area contributed by atoms with E-state index in [2.05, 4.69) is 15.4 Å². The maximum atomic E-state index is 14.9. The number of anilines is 1. The van der Waals surface area contributed by atoms with Gasteiger partial charge in [-0.3, -0.25) is 9.67 Å². The molecule has 1 aromatic carbocycles. The molecule has 1 saturated carbocycles. The molecule has 0 atom stereocenters. The molecule has 12 heteroatoms. The van der Waals surface area contributed by atoms with Crippen molar-refractivity contribution in [3.05, 3.63) is 53.7 Å². The molecule has 1 saturated heterocycles. The van der Waals surface area contributed by atoms with Crippen molar-refractivity contribution in [3.63, 3.8) is 0 Å². The largest absolute Gasteiger partial charge is 0.456 e. The molecule has 3 heterocycles. The van der Waals surface area contributed by atoms with Crippen molar-refractivity contribution in [2.75, 3.05) is 32.1 Å². The molecule has 37 heavy (non-hydrogen) atoms. The van der Waals surface area contributed by atoms with Crippen molar-refractivity contribution in [1.29, 1.82) is 0 Å². The Morgan fingerprint density at radius 1 is 1.27 bits per heavy atom. The summed E-state index contributed by atoms with van der Waals surface area (Å²) in [6.45, 7) is 1.12. The predicted octanol–water partition coefficient (Wildman–Crippen LogP) is 4.91. The Kier molecular flexibility index (Phi) is 6.74. The number of nitrogens with one attached hydrogen (secondary N) is 1. The SMILES string of the molecule is COC1(CCN2CCN(C(=O)Nc3cc(Cl)c(Oc4ccnc(-c5cnn(C)c5)c4)cc3F)C2=O)CC1. The number of pyridine rings is 1. The molecule has 0 radical (unpaired) electrons. The van der Waals surface area contributed by atoms with Crippen LogP contribution >= 0.6 is 11.6 Å². The summed E-state index contributed by atoms with van der Waals surface area (Å²) < 4.78 is 27.8. The van der Waals surface area contributed by atoms with Crippen LogP contribution < -0.4 is 10.1 Å². The van der Waals surface area contributed by atoms with Gasteiger partial charge < -0.3 is 19.7 Å². The lowest BCUT2D eigenvalue weighted by molar-refractivity contribution is 0.0664. The van der Waals surface area contributed by atoms with Crippen LogP contribution in [0.3, 0.4) is 0 Å². The average Bonchev–Trinajstić information content (AvgIpc) is 3.38. The second kappa shape index (κ2) is 9.98. The first kappa shape index (κ1) is 25.0. The van der Waals surface area contributed by atoms with Gasteiger partial charge in [0, 0.05) is 63.9 Å². The van der Waals surface area contributed by atoms with Crippen LogP contribution in [0.2, 0.25) is 5.02 Å². The minimum atomic E-state index is -0.756. The van der Waals surface area contributed by atoms with Crippen molar-refractivity contribution in [3.8, 4) is 22.8 Å². The van der Waals surface area contributed by atoms with Crippen molar-refractivity contribution in [2.24, 2.45) is 7.05 Å². The molecule has 10 nitrogen and oxygen atoms in total. The Hall–Kier alpha value is -3.70. The Balaban J connectivity index is 1.23. The molecular formula is C25H26ClFN6O4. The summed E-state index contributed by atoms with van der Waals surface area (Å²) in [6.07, 6.45) is 7.71. The molecule has 2 aromatic heterocycles. The molecule has 2 fully saturated rings. The fraction of sp³-hybridized carbons (Fsp3) is 0.360. The number of ether oxygens (including phenoxy) is 2. The third kappa shape index (κ3) is 5.37. The molecule has 194 valence electrons. The van der Waals surface area contributed by atoms with Crippen LogP contribution in [-0.2, 0) is 11.8 Å². The monoisotopic (exact) mass is 528 g/mol. The summed E-state index contributed by atoms with van der Waals surface area (Å²) in [6, 6.07) is 4.49. The van der Waals surface area contributed by atoms with Gasteiger partial charge in [0.05, 0.1) is 28.2 Å². The number of carbonyl (C=O) groups excluding carboxylic acids is 2. The number of urea groups is 2. The number of amides is 4. The number of rotatable bonds is 8. The number of aryl methyl sites for hydroxylation is 1. The van der Waals surface area contributed by atoms with E-state index in [-0.39, 0.29) is 28.6 Å². The van der Waals surface area contributed by atoms with Gasteiger partial charge in [0.1, 0.15) is 11.5 Å². The molecule has 2 aliphatic rings. The number of nitrogens with zero attached hydrogens (tertiary/aromatic N) is 5. The van der Waals surface area contributed by atoms with E-state index in [4.69, 9.17) is 21.1 Å². The van der Waals surface area contributed by atoms with E-state index in [0.717, 1.165) is 35.8 Å². The highest BCUT2D eigenvalue weighted by Gasteiger charge is 2.44. The van der Waals surface area contributed by atoms with E-state index >= 15 is 0 Å². The van der Waals surface area contributed by atoms with Crippen molar-refractivity contribution < 1.29 is 23.5 Å². The number of carbonyl (C=O) groups is 2. The summed E-state index contributed by atoms with van der Waals surface area (Å²) in [5, 5.41) is 6.65. The fourth-order valence-electron chi connectivity index (χ4n) is 4.21. The van der Waals surface area contributed by atoms with Gasteiger partial charge in [-0.1, -0.05) is 11.6 Å². The molecule has 5 rings (SSSR count). The predicted molar refractivity (Wildman–Crippen MR) is 134 cm³/mol. The Labute approximate surface area is 217 Å². The van der Waals surface area contributed by atoms with Crippen LogP contribution in [0.4, 0.5) is 19.7 Å². The summed E-state index contributed by atoms with van der Waals surface area (Å²) in [5.41, 5.74) is 1.13. The lowest BCUT2D eigenvalue weighted by Gasteiger charge is -2.20. The number of hydrogen-bond donors (Lipinski definition) is 1. The van der Waals surface area contributed by atoms with E-state index in [1.165, 1.54) is 6.07 Å². The standard InChI is InChI=1S/C25H26ClFN6O4/c1-31-15-16(14-29-31)20-11-17(3-7-28-20)37-22-13-19(27)21(12-18(22)26)30-23(34)33-10-9-32(24(33)35)8-6-25(36-2)4-5-25/h3,7,11-15H,4-6,8-10H2,1-2H3,(H,30,34). The second-order valence-electron chi connectivity index (χ2n) is 9.13. The first-order valence-corrected chi connectivity index (χ1v) is 12.2. The number of halogens is 2. The Morgan fingerprint density at radius 3 is 2.78 bits per heavy atom. The number of hydrogen-bond acceptors (Lipinski definition) is 6. The van der Waals surface area contributed by atoms with Crippen LogP contribution in [-0.4, -0.2) is 69.0 Å². The molecule has 1 aliphatic carbocycles. The number of aromatic nitrogens is 3. The maximum Gasteiger partial charge on any atom is 0.330 e. The number of imide groups is 1. The lowest BCUT2D eigenvalue weighted by Crippen LogP contribution is -2.40. The summed E-state index contributed by atoms with van der Waals surface area (Å²) >= 11 is 6.34. The molecule has 4 amide bonds. The summed E-state index contributed by atoms with van der Waals surface area (Å²) in [4.78, 5) is 32.4.